The summed E-state index contributed by atoms with van der Waals surface area (Å²) < 4.78 is 97.6. The van der Waals surface area contributed by atoms with Crippen LogP contribution in [0.1, 0.15) is 52.9 Å². The number of nitrogens with one attached hydrogen (secondary N) is 5. The standard InChI is InChI=1S/C28H49ClF4N6O4S2/c1-14-11-20(38-37-14)34-25-24(42-4)26(39-7-9-43-10-8-39)36-27(35-25)44-19-6-5-15(12-17(19)30)45(40,41)28(2,3)21-22(32)16(29)13-18(31)23(21)33/h14-27,34-38H,5-13H2,1-4H3. The highest BCUT2D eigenvalue weighted by Crippen LogP contribution is 2.47. The van der Waals surface area contributed by atoms with Gasteiger partial charge in [-0.2, -0.15) is 0 Å². The molecule has 2 aliphatic carbocycles. The molecule has 0 radical (unpaired) electrons. The lowest BCUT2D eigenvalue weighted by atomic mass is 9.77. The Morgan fingerprint density at radius 1 is 1.00 bits per heavy atom. The minimum absolute atomic E-state index is 0.0130. The predicted molar refractivity (Wildman–Crippen MR) is 167 cm³/mol. The minimum Gasteiger partial charge on any atom is -0.379 e. The summed E-state index contributed by atoms with van der Waals surface area (Å²) in [6.45, 7) is 7.13. The number of hydrogen-bond donors (Lipinski definition) is 5. The fraction of sp³-hybridized carbons (Fsp3) is 1.00. The predicted octanol–water partition coefficient (Wildman–Crippen LogP) is 2.09. The Hall–Kier alpha value is -0.0100. The zero-order chi connectivity index (χ0) is 32.7. The van der Waals surface area contributed by atoms with Gasteiger partial charge in [0, 0.05) is 43.8 Å². The first kappa shape index (κ1) is 36.3. The van der Waals surface area contributed by atoms with E-state index in [1.807, 2.05) is 0 Å². The second-order valence-electron chi connectivity index (χ2n) is 13.6. The number of rotatable bonds is 9. The van der Waals surface area contributed by atoms with Crippen molar-refractivity contribution in [1.29, 1.82) is 0 Å². The van der Waals surface area contributed by atoms with Gasteiger partial charge >= 0.3 is 0 Å². The number of methoxy groups -OCH3 is 1. The largest absolute Gasteiger partial charge is 0.379 e. The fourth-order valence-corrected chi connectivity index (χ4v) is 11.6. The Morgan fingerprint density at radius 3 is 2.33 bits per heavy atom. The third-order valence-electron chi connectivity index (χ3n) is 10.3. The zero-order valence-electron chi connectivity index (χ0n) is 26.2. The number of thioether (sulfide) groups is 1. The second-order valence-corrected chi connectivity index (χ2v) is 18.3. The van der Waals surface area contributed by atoms with Crippen LogP contribution >= 0.6 is 23.4 Å². The number of nitrogens with zero attached hydrogens (tertiary/aromatic N) is 1. The third-order valence-corrected chi connectivity index (χ3v) is 15.1. The van der Waals surface area contributed by atoms with Crippen LogP contribution in [0.3, 0.4) is 0 Å². The molecule has 0 aromatic rings. The van der Waals surface area contributed by atoms with Crippen molar-refractivity contribution in [1.82, 2.24) is 31.7 Å². The summed E-state index contributed by atoms with van der Waals surface area (Å²) in [5, 5.41) is 7.72. The van der Waals surface area contributed by atoms with E-state index >= 15 is 8.78 Å². The van der Waals surface area contributed by atoms with E-state index in [1.54, 1.807) is 7.11 Å². The van der Waals surface area contributed by atoms with Crippen LogP contribution in [0.25, 0.3) is 0 Å². The minimum atomic E-state index is -4.27. The van der Waals surface area contributed by atoms with E-state index < -0.39 is 67.5 Å². The molecule has 14 unspecified atom stereocenters. The number of hydrogen-bond acceptors (Lipinski definition) is 11. The third kappa shape index (κ3) is 7.60. The maximum Gasteiger partial charge on any atom is 0.158 e. The van der Waals surface area contributed by atoms with Crippen LogP contribution in [0.2, 0.25) is 0 Å². The molecule has 5 aliphatic rings. The van der Waals surface area contributed by atoms with Crippen molar-refractivity contribution >= 4 is 33.2 Å². The van der Waals surface area contributed by atoms with Crippen molar-refractivity contribution in [2.45, 2.75) is 134 Å². The van der Waals surface area contributed by atoms with Gasteiger partial charge in [-0.15, -0.1) is 23.4 Å². The Labute approximate surface area is 273 Å². The van der Waals surface area contributed by atoms with Crippen molar-refractivity contribution in [3.8, 4) is 0 Å². The number of halogens is 5. The van der Waals surface area contributed by atoms with Gasteiger partial charge in [0.25, 0.3) is 0 Å². The molecular formula is C28H49ClF4N6O4S2. The molecule has 0 aromatic heterocycles. The summed E-state index contributed by atoms with van der Waals surface area (Å²) in [6, 6.07) is 0.286. The molecule has 3 heterocycles. The summed E-state index contributed by atoms with van der Waals surface area (Å²) in [5.74, 6) is -1.78. The Bertz CT molecular complexity index is 1090. The van der Waals surface area contributed by atoms with E-state index in [0.717, 1.165) is 6.42 Å². The van der Waals surface area contributed by atoms with Gasteiger partial charge in [-0.05, 0) is 46.5 Å². The first-order valence-electron chi connectivity index (χ1n) is 16.0. The average Bonchev–Trinajstić information content (AvgIpc) is 3.41. The first-order valence-corrected chi connectivity index (χ1v) is 18.9. The van der Waals surface area contributed by atoms with Gasteiger partial charge in [-0.3, -0.25) is 26.3 Å². The molecule has 3 saturated heterocycles. The Morgan fingerprint density at radius 2 is 1.71 bits per heavy atom. The van der Waals surface area contributed by atoms with Gasteiger partial charge in [0.2, 0.25) is 0 Å². The van der Waals surface area contributed by atoms with Crippen molar-refractivity contribution in [2.75, 3.05) is 33.4 Å². The Kier molecular flexibility index (Phi) is 12.0. The monoisotopic (exact) mass is 708 g/mol. The molecule has 5 fully saturated rings. The summed E-state index contributed by atoms with van der Waals surface area (Å²) in [7, 11) is -2.60. The van der Waals surface area contributed by atoms with E-state index in [0.29, 0.717) is 26.3 Å². The van der Waals surface area contributed by atoms with E-state index in [-0.39, 0.29) is 55.4 Å². The number of hydrazine groups is 1. The lowest BCUT2D eigenvalue weighted by Gasteiger charge is -2.49. The Balaban J connectivity index is 1.27. The summed E-state index contributed by atoms with van der Waals surface area (Å²) >= 11 is 7.33. The number of alkyl halides is 5. The SMILES string of the molecule is COC1C(NC2CC(C)NN2)NC(SC2CCC(S(=O)(=O)C(C)(C)C3C(F)C(F)CC(Cl)C3F)CC2F)NC1N1CCOCC1. The zero-order valence-corrected chi connectivity index (χ0v) is 28.6. The van der Waals surface area contributed by atoms with Crippen molar-refractivity contribution in [3.05, 3.63) is 0 Å². The van der Waals surface area contributed by atoms with Crippen LogP contribution in [0.15, 0.2) is 0 Å². The highest BCUT2D eigenvalue weighted by Gasteiger charge is 2.59. The smallest absolute Gasteiger partial charge is 0.158 e. The first-order chi connectivity index (χ1) is 21.2. The van der Waals surface area contributed by atoms with Crippen LogP contribution in [0.5, 0.6) is 0 Å². The average molecular weight is 709 g/mol. The topological polar surface area (TPSA) is 116 Å². The summed E-state index contributed by atoms with van der Waals surface area (Å²) in [6.07, 6.45) is -8.25. The molecule has 262 valence electrons. The molecule has 17 heteroatoms. The number of morpholine rings is 1. The summed E-state index contributed by atoms with van der Waals surface area (Å²) in [5.41, 5.74) is 6.08. The van der Waals surface area contributed by atoms with Crippen LogP contribution in [-0.2, 0) is 19.3 Å². The second kappa shape index (κ2) is 14.9. The van der Waals surface area contributed by atoms with Gasteiger partial charge in [0.15, 0.2) is 9.84 Å². The van der Waals surface area contributed by atoms with Crippen molar-refractivity contribution < 1.29 is 35.5 Å². The van der Waals surface area contributed by atoms with Gasteiger partial charge in [0.05, 0.1) is 47.1 Å². The maximum atomic E-state index is 15.9. The molecule has 0 amide bonds. The van der Waals surface area contributed by atoms with Crippen molar-refractivity contribution in [2.24, 2.45) is 5.92 Å². The van der Waals surface area contributed by atoms with Crippen molar-refractivity contribution in [3.63, 3.8) is 0 Å². The highest BCUT2D eigenvalue weighted by atomic mass is 35.5. The molecule has 14 atom stereocenters. The maximum absolute atomic E-state index is 15.9. The molecule has 0 bridgehead atoms. The van der Waals surface area contributed by atoms with E-state index in [4.69, 9.17) is 21.1 Å². The molecule has 0 spiro atoms. The highest BCUT2D eigenvalue weighted by molar-refractivity contribution is 8.00. The van der Waals surface area contributed by atoms with Crippen LogP contribution < -0.4 is 26.8 Å². The van der Waals surface area contributed by atoms with Gasteiger partial charge in [-0.25, -0.2) is 31.4 Å². The molecule has 0 aromatic carbocycles. The molecule has 10 nitrogen and oxygen atoms in total. The molecule has 3 aliphatic heterocycles. The molecule has 45 heavy (non-hydrogen) atoms. The molecular weight excluding hydrogens is 660 g/mol. The van der Waals surface area contributed by atoms with Gasteiger partial charge < -0.3 is 9.47 Å². The van der Waals surface area contributed by atoms with E-state index in [2.05, 4.69) is 38.6 Å². The quantitative estimate of drug-likeness (QED) is 0.179. The van der Waals surface area contributed by atoms with Gasteiger partial charge in [-0.1, -0.05) is 0 Å². The van der Waals surface area contributed by atoms with E-state index in [9.17, 15) is 17.2 Å². The summed E-state index contributed by atoms with van der Waals surface area (Å²) in [4.78, 5) is 2.26. The van der Waals surface area contributed by atoms with Crippen LogP contribution in [-0.4, -0.2) is 128 Å². The normalized spacial score (nSPS) is 45.9. The number of ether oxygens (including phenoxy) is 2. The molecule has 5 rings (SSSR count). The molecule has 5 N–H and O–H groups in total. The van der Waals surface area contributed by atoms with Crippen LogP contribution in [0.4, 0.5) is 17.6 Å². The molecule has 2 saturated carbocycles. The van der Waals surface area contributed by atoms with Gasteiger partial charge in [0.1, 0.15) is 36.3 Å². The fourth-order valence-electron chi connectivity index (χ4n) is 7.58. The van der Waals surface area contributed by atoms with E-state index in [1.165, 1.54) is 25.6 Å². The lowest BCUT2D eigenvalue weighted by molar-refractivity contribution is -0.0829. The van der Waals surface area contributed by atoms with Crippen LogP contribution in [0, 0.1) is 5.92 Å². The lowest BCUT2D eigenvalue weighted by Crippen LogP contribution is -2.75. The number of sulfone groups is 1.